The number of hydrogen-bond donors (Lipinski definition) is 1. The first kappa shape index (κ1) is 33.0. The molecule has 176 valence electrons. The van der Waals surface area contributed by atoms with E-state index in [-0.39, 0.29) is 36.0 Å². The van der Waals surface area contributed by atoms with Gasteiger partial charge in [0.1, 0.15) is 0 Å². The van der Waals surface area contributed by atoms with Gasteiger partial charge >= 0.3 is 29.6 Å². The fourth-order valence-electron chi connectivity index (χ4n) is 4.00. The van der Waals surface area contributed by atoms with Crippen molar-refractivity contribution < 1.29 is 47.6 Å². The predicted molar refractivity (Wildman–Crippen MR) is 123 cm³/mol. The Morgan fingerprint density at radius 2 is 0.967 bits per heavy atom. The van der Waals surface area contributed by atoms with E-state index in [1.54, 1.807) is 0 Å². The van der Waals surface area contributed by atoms with Crippen LogP contribution in [0, 0.1) is 0 Å². The first-order chi connectivity index (χ1) is 13.9. The molecular formula is C24H49NaO4S. The second kappa shape index (κ2) is 23.0. The molecule has 0 fully saturated rings. The maximum absolute atomic E-state index is 11.6. The molecule has 0 saturated heterocycles. The molecule has 0 aromatic heterocycles. The van der Waals surface area contributed by atoms with Crippen LogP contribution >= 0.6 is 0 Å². The van der Waals surface area contributed by atoms with Crippen molar-refractivity contribution in [2.24, 2.45) is 0 Å². The van der Waals surface area contributed by atoms with Gasteiger partial charge in [-0.15, -0.1) is 0 Å². The van der Waals surface area contributed by atoms with Crippen LogP contribution in [0.5, 0.6) is 0 Å². The van der Waals surface area contributed by atoms with E-state index in [2.05, 4.69) is 13.8 Å². The van der Waals surface area contributed by atoms with E-state index in [0.717, 1.165) is 32.1 Å². The second-order valence-corrected chi connectivity index (χ2v) is 10.5. The van der Waals surface area contributed by atoms with E-state index in [1.807, 2.05) is 0 Å². The molecule has 0 saturated carbocycles. The Bertz CT molecular complexity index is 442. The van der Waals surface area contributed by atoms with Crippen LogP contribution in [-0.2, 0) is 10.1 Å². The third-order valence-corrected chi connectivity index (χ3v) is 7.21. The van der Waals surface area contributed by atoms with E-state index >= 15 is 0 Å². The Hall–Kier alpha value is 0.870. The molecule has 6 heteroatoms. The molecule has 30 heavy (non-hydrogen) atoms. The predicted octanol–water partition coefficient (Wildman–Crippen LogP) is 4.11. The van der Waals surface area contributed by atoms with E-state index in [0.29, 0.717) is 12.8 Å². The van der Waals surface area contributed by atoms with Crippen molar-refractivity contribution in [3.05, 3.63) is 0 Å². The molecule has 0 aromatic rings. The standard InChI is InChI=1S/C24H50O4S.Na/c1-3-5-7-9-11-12-13-14-15-17-19-21-24(29(26,27)28)22-23(25)20-18-16-10-8-6-4-2;/h23-25H,3-22H2,1-2H3,(H,26,27,28);/q;+1/p-1. The molecule has 0 spiro atoms. The van der Waals surface area contributed by atoms with E-state index < -0.39 is 21.5 Å². The zero-order chi connectivity index (χ0) is 21.8. The molecule has 4 nitrogen and oxygen atoms in total. The summed E-state index contributed by atoms with van der Waals surface area (Å²) in [5.41, 5.74) is 0. The van der Waals surface area contributed by atoms with E-state index in [4.69, 9.17) is 0 Å². The quantitative estimate of drug-likeness (QED) is 0.151. The van der Waals surface area contributed by atoms with Crippen molar-refractivity contribution in [2.75, 3.05) is 0 Å². The van der Waals surface area contributed by atoms with Gasteiger partial charge in [0, 0.05) is 0 Å². The molecule has 1 N–H and O–H groups in total. The summed E-state index contributed by atoms with van der Waals surface area (Å²) in [5, 5.41) is 9.24. The number of aliphatic hydroxyl groups excluding tert-OH is 1. The van der Waals surface area contributed by atoms with Gasteiger partial charge in [0.05, 0.1) is 21.5 Å². The molecule has 2 atom stereocenters. The van der Waals surface area contributed by atoms with Crippen molar-refractivity contribution >= 4 is 10.1 Å². The molecule has 0 radical (unpaired) electrons. The number of hydrogen-bond acceptors (Lipinski definition) is 4. The molecule has 0 aliphatic carbocycles. The first-order valence-corrected chi connectivity index (χ1v) is 14.0. The molecular weight excluding hydrogens is 407 g/mol. The molecule has 0 heterocycles. The normalized spacial score (nSPS) is 13.7. The van der Waals surface area contributed by atoms with Gasteiger partial charge in [0.15, 0.2) is 0 Å². The molecule has 0 amide bonds. The number of rotatable bonds is 22. The fourth-order valence-corrected chi connectivity index (χ4v) is 4.91. The van der Waals surface area contributed by atoms with Gasteiger partial charge in [-0.3, -0.25) is 0 Å². The van der Waals surface area contributed by atoms with E-state index in [9.17, 15) is 18.1 Å². The molecule has 0 aromatic carbocycles. The molecule has 0 rings (SSSR count). The summed E-state index contributed by atoms with van der Waals surface area (Å²) in [5.74, 6) is 0. The summed E-state index contributed by atoms with van der Waals surface area (Å²) in [6.45, 7) is 4.42. The van der Waals surface area contributed by atoms with Crippen LogP contribution in [0.4, 0.5) is 0 Å². The second-order valence-electron chi connectivity index (χ2n) is 8.88. The van der Waals surface area contributed by atoms with Gasteiger partial charge < -0.3 is 9.66 Å². The molecule has 0 bridgehead atoms. The summed E-state index contributed by atoms with van der Waals surface area (Å²) in [4.78, 5) is 0. The number of unbranched alkanes of at least 4 members (excludes halogenated alkanes) is 15. The van der Waals surface area contributed by atoms with Gasteiger partial charge in [0.2, 0.25) is 0 Å². The number of aliphatic hydroxyl groups is 1. The van der Waals surface area contributed by atoms with Crippen LogP contribution in [-0.4, -0.2) is 29.4 Å². The zero-order valence-corrected chi connectivity index (χ0v) is 23.2. The molecule has 2 unspecified atom stereocenters. The zero-order valence-electron chi connectivity index (χ0n) is 20.4. The Labute approximate surface area is 210 Å². The smallest absolute Gasteiger partial charge is 0.748 e. The minimum absolute atomic E-state index is 0. The third kappa shape index (κ3) is 22.1. The Morgan fingerprint density at radius 1 is 0.633 bits per heavy atom. The van der Waals surface area contributed by atoms with Crippen molar-refractivity contribution in [3.63, 3.8) is 0 Å². The largest absolute Gasteiger partial charge is 1.00 e. The van der Waals surface area contributed by atoms with Gasteiger partial charge in [-0.25, -0.2) is 8.42 Å². The topological polar surface area (TPSA) is 77.4 Å². The van der Waals surface area contributed by atoms with Gasteiger partial charge in [0.25, 0.3) is 0 Å². The van der Waals surface area contributed by atoms with Crippen LogP contribution in [0.2, 0.25) is 0 Å². The van der Waals surface area contributed by atoms with Crippen LogP contribution in [0.15, 0.2) is 0 Å². The van der Waals surface area contributed by atoms with Crippen LogP contribution in [0.1, 0.15) is 142 Å². The SMILES string of the molecule is CCCCCCCCCCCCCC(CC(O)CCCCCCCC)S(=O)(=O)[O-].[Na+]. The summed E-state index contributed by atoms with van der Waals surface area (Å²) >= 11 is 0. The van der Waals surface area contributed by atoms with Crippen molar-refractivity contribution in [1.82, 2.24) is 0 Å². The van der Waals surface area contributed by atoms with Gasteiger partial charge in [-0.2, -0.15) is 0 Å². The van der Waals surface area contributed by atoms with Crippen LogP contribution in [0.3, 0.4) is 0 Å². The van der Waals surface area contributed by atoms with Crippen molar-refractivity contribution in [3.8, 4) is 0 Å². The minimum atomic E-state index is -4.33. The average molecular weight is 457 g/mol. The maximum atomic E-state index is 11.6. The Balaban J connectivity index is 0. The van der Waals surface area contributed by atoms with Gasteiger partial charge in [-0.1, -0.05) is 123 Å². The Morgan fingerprint density at radius 3 is 1.33 bits per heavy atom. The van der Waals surface area contributed by atoms with E-state index in [1.165, 1.54) is 77.0 Å². The summed E-state index contributed by atoms with van der Waals surface area (Å²) in [7, 11) is -4.33. The summed E-state index contributed by atoms with van der Waals surface area (Å²) < 4.78 is 34.7. The maximum Gasteiger partial charge on any atom is 1.00 e. The van der Waals surface area contributed by atoms with Crippen molar-refractivity contribution in [2.45, 2.75) is 154 Å². The summed E-state index contributed by atoms with van der Waals surface area (Å²) in [6, 6.07) is 0. The average Bonchev–Trinajstić information content (AvgIpc) is 2.67. The third-order valence-electron chi connectivity index (χ3n) is 5.96. The Kier molecular flexibility index (Phi) is 25.4. The van der Waals surface area contributed by atoms with Crippen LogP contribution in [0.25, 0.3) is 0 Å². The summed E-state index contributed by atoms with van der Waals surface area (Å²) in [6.07, 6.45) is 20.6. The van der Waals surface area contributed by atoms with Crippen LogP contribution < -0.4 is 29.6 Å². The fraction of sp³-hybridized carbons (Fsp3) is 1.00. The van der Waals surface area contributed by atoms with Crippen molar-refractivity contribution in [1.29, 1.82) is 0 Å². The first-order valence-electron chi connectivity index (χ1n) is 12.5. The molecule has 0 aliphatic heterocycles. The molecule has 0 aliphatic rings. The monoisotopic (exact) mass is 456 g/mol. The minimum Gasteiger partial charge on any atom is -0.748 e. The van der Waals surface area contributed by atoms with Gasteiger partial charge in [-0.05, 0) is 19.3 Å².